The van der Waals surface area contributed by atoms with Gasteiger partial charge < -0.3 is 4.74 Å². The number of hydrogen-bond donors (Lipinski definition) is 0. The quantitative estimate of drug-likeness (QED) is 0.644. The van der Waals surface area contributed by atoms with Crippen molar-refractivity contribution in [2.45, 2.75) is 65.2 Å². The molecule has 0 aromatic heterocycles. The molecule has 1 nitrogen and oxygen atoms in total. The maximum Gasteiger partial charge on any atom is 0.165 e. The third kappa shape index (κ3) is 2.03. The molecule has 4 rings (SSSR count). The predicted molar refractivity (Wildman–Crippen MR) is 91.4 cm³/mol. The zero-order chi connectivity index (χ0) is 16.4. The van der Waals surface area contributed by atoms with Crippen molar-refractivity contribution < 1.29 is 9.13 Å². The largest absolute Gasteiger partial charge is 0.494 e. The Morgan fingerprint density at radius 3 is 2.61 bits per heavy atom. The predicted octanol–water partition coefficient (Wildman–Crippen LogP) is 5.72. The molecule has 0 heterocycles. The van der Waals surface area contributed by atoms with Crippen LogP contribution in [0.3, 0.4) is 0 Å². The standard InChI is InChI=1S/C21H29FO/c1-20(2)9-8-17-15-6-5-13-11-18(22)19(23-4)12-16(13)14(15)7-10-21(17,20)3/h11-12,14-15,17H,5-10H2,1-4H3/t14?,15?,17?,21-/m0/s1. The molecule has 0 bridgehead atoms. The molecule has 2 saturated carbocycles. The number of rotatable bonds is 1. The molecule has 0 radical (unpaired) electrons. The fourth-order valence-corrected chi connectivity index (χ4v) is 6.22. The highest BCUT2D eigenvalue weighted by atomic mass is 19.1. The molecule has 4 atom stereocenters. The van der Waals surface area contributed by atoms with Gasteiger partial charge >= 0.3 is 0 Å². The smallest absolute Gasteiger partial charge is 0.165 e. The minimum Gasteiger partial charge on any atom is -0.494 e. The van der Waals surface area contributed by atoms with Crippen LogP contribution >= 0.6 is 0 Å². The zero-order valence-electron chi connectivity index (χ0n) is 14.9. The number of methoxy groups -OCH3 is 1. The fourth-order valence-electron chi connectivity index (χ4n) is 6.22. The van der Waals surface area contributed by atoms with Gasteiger partial charge in [0.05, 0.1) is 7.11 Å². The highest BCUT2D eigenvalue weighted by Gasteiger charge is 2.57. The molecule has 3 aliphatic carbocycles. The van der Waals surface area contributed by atoms with Crippen LogP contribution in [0, 0.1) is 28.5 Å². The van der Waals surface area contributed by atoms with Crippen LogP contribution in [0.4, 0.5) is 4.39 Å². The van der Waals surface area contributed by atoms with E-state index in [4.69, 9.17) is 4.74 Å². The topological polar surface area (TPSA) is 9.23 Å². The number of aryl methyl sites for hydroxylation is 1. The molecule has 23 heavy (non-hydrogen) atoms. The maximum atomic E-state index is 14.1. The minimum absolute atomic E-state index is 0.202. The SMILES string of the molecule is COc1cc2c(cc1F)CCC1C2CC[C@@]2(C)C1CCC2(C)C. The third-order valence-electron chi connectivity index (χ3n) is 8.01. The summed E-state index contributed by atoms with van der Waals surface area (Å²) in [6, 6.07) is 3.74. The van der Waals surface area contributed by atoms with E-state index in [-0.39, 0.29) is 5.82 Å². The first-order valence-corrected chi connectivity index (χ1v) is 9.24. The second-order valence-electron chi connectivity index (χ2n) is 8.98. The Hall–Kier alpha value is -1.05. The van der Waals surface area contributed by atoms with Crippen LogP contribution in [-0.2, 0) is 6.42 Å². The van der Waals surface area contributed by atoms with Crippen molar-refractivity contribution in [1.29, 1.82) is 0 Å². The van der Waals surface area contributed by atoms with Crippen molar-refractivity contribution in [3.63, 3.8) is 0 Å². The lowest BCUT2D eigenvalue weighted by atomic mass is 9.51. The number of ether oxygens (including phenoxy) is 1. The van der Waals surface area contributed by atoms with Gasteiger partial charge in [0.25, 0.3) is 0 Å². The molecule has 0 saturated heterocycles. The lowest BCUT2D eigenvalue weighted by molar-refractivity contribution is -0.00860. The van der Waals surface area contributed by atoms with Crippen LogP contribution in [-0.4, -0.2) is 7.11 Å². The number of fused-ring (bicyclic) bond motifs is 5. The summed E-state index contributed by atoms with van der Waals surface area (Å²) in [5.41, 5.74) is 3.55. The Morgan fingerprint density at radius 1 is 1.09 bits per heavy atom. The van der Waals surface area contributed by atoms with Crippen LogP contribution in [0.5, 0.6) is 5.75 Å². The average molecular weight is 316 g/mol. The van der Waals surface area contributed by atoms with Crippen LogP contribution in [0.1, 0.15) is 69.9 Å². The van der Waals surface area contributed by atoms with Crippen molar-refractivity contribution in [2.24, 2.45) is 22.7 Å². The first-order valence-electron chi connectivity index (χ1n) is 9.24. The molecule has 1 aromatic rings. The summed E-state index contributed by atoms with van der Waals surface area (Å²) in [4.78, 5) is 0. The summed E-state index contributed by atoms with van der Waals surface area (Å²) in [5, 5.41) is 0. The molecular weight excluding hydrogens is 287 g/mol. The van der Waals surface area contributed by atoms with E-state index in [0.29, 0.717) is 22.5 Å². The molecule has 0 amide bonds. The molecule has 2 heteroatoms. The highest BCUT2D eigenvalue weighted by Crippen LogP contribution is 2.67. The first kappa shape index (κ1) is 15.5. The molecule has 3 unspecified atom stereocenters. The van der Waals surface area contributed by atoms with E-state index in [1.165, 1.54) is 43.2 Å². The summed E-state index contributed by atoms with van der Waals surface area (Å²) < 4.78 is 19.3. The van der Waals surface area contributed by atoms with E-state index in [2.05, 4.69) is 20.8 Å². The van der Waals surface area contributed by atoms with Gasteiger partial charge in [0.2, 0.25) is 0 Å². The highest BCUT2D eigenvalue weighted by molar-refractivity contribution is 5.42. The summed E-state index contributed by atoms with van der Waals surface area (Å²) in [7, 11) is 1.57. The van der Waals surface area contributed by atoms with Gasteiger partial charge in [-0.15, -0.1) is 0 Å². The molecule has 1 aromatic carbocycles. The van der Waals surface area contributed by atoms with E-state index < -0.39 is 0 Å². The molecule has 126 valence electrons. The fraction of sp³-hybridized carbons (Fsp3) is 0.714. The van der Waals surface area contributed by atoms with Crippen molar-refractivity contribution in [3.8, 4) is 5.75 Å². The molecule has 0 aliphatic heterocycles. The van der Waals surface area contributed by atoms with Crippen molar-refractivity contribution >= 4 is 0 Å². The van der Waals surface area contributed by atoms with E-state index in [1.807, 2.05) is 6.07 Å². The maximum absolute atomic E-state index is 14.1. The Bertz CT molecular complexity index is 635. The van der Waals surface area contributed by atoms with Crippen molar-refractivity contribution in [1.82, 2.24) is 0 Å². The molecule has 2 fully saturated rings. The lowest BCUT2D eigenvalue weighted by Gasteiger charge is -2.53. The van der Waals surface area contributed by atoms with Crippen LogP contribution in [0.2, 0.25) is 0 Å². The summed E-state index contributed by atoms with van der Waals surface area (Å²) >= 11 is 0. The van der Waals surface area contributed by atoms with Gasteiger partial charge in [0, 0.05) is 0 Å². The number of benzene rings is 1. The second-order valence-corrected chi connectivity index (χ2v) is 8.98. The molecule has 3 aliphatic rings. The van der Waals surface area contributed by atoms with Gasteiger partial charge in [-0.25, -0.2) is 4.39 Å². The van der Waals surface area contributed by atoms with Gasteiger partial charge in [-0.1, -0.05) is 20.8 Å². The Labute approximate surface area is 139 Å². The van der Waals surface area contributed by atoms with Gasteiger partial charge in [-0.3, -0.25) is 0 Å². The average Bonchev–Trinajstić information content (AvgIpc) is 2.76. The first-order chi connectivity index (χ1) is 10.9. The van der Waals surface area contributed by atoms with Gasteiger partial charge in [0.15, 0.2) is 11.6 Å². The third-order valence-corrected chi connectivity index (χ3v) is 8.01. The lowest BCUT2D eigenvalue weighted by Crippen LogP contribution is -2.45. The number of halogens is 1. The van der Waals surface area contributed by atoms with Crippen LogP contribution < -0.4 is 4.74 Å². The van der Waals surface area contributed by atoms with Gasteiger partial charge in [0.1, 0.15) is 0 Å². The second kappa shape index (κ2) is 4.97. The zero-order valence-corrected chi connectivity index (χ0v) is 14.9. The Balaban J connectivity index is 1.73. The summed E-state index contributed by atoms with van der Waals surface area (Å²) in [5.74, 6) is 2.44. The van der Waals surface area contributed by atoms with Crippen LogP contribution in [0.25, 0.3) is 0 Å². The summed E-state index contributed by atoms with van der Waals surface area (Å²) in [6.07, 6.45) is 7.56. The number of hydrogen-bond acceptors (Lipinski definition) is 1. The van der Waals surface area contributed by atoms with Crippen LogP contribution in [0.15, 0.2) is 12.1 Å². The Kier molecular flexibility index (Phi) is 3.35. The molecular formula is C21H29FO. The van der Waals surface area contributed by atoms with Gasteiger partial charge in [-0.05, 0) is 90.4 Å². The van der Waals surface area contributed by atoms with E-state index in [0.717, 1.165) is 18.3 Å². The van der Waals surface area contributed by atoms with E-state index in [1.54, 1.807) is 13.2 Å². The van der Waals surface area contributed by atoms with E-state index in [9.17, 15) is 4.39 Å². The monoisotopic (exact) mass is 316 g/mol. The van der Waals surface area contributed by atoms with Crippen molar-refractivity contribution in [3.05, 3.63) is 29.1 Å². The van der Waals surface area contributed by atoms with Crippen molar-refractivity contribution in [2.75, 3.05) is 7.11 Å². The molecule has 0 spiro atoms. The summed E-state index contributed by atoms with van der Waals surface area (Å²) in [6.45, 7) is 7.49. The molecule has 0 N–H and O–H groups in total. The van der Waals surface area contributed by atoms with Gasteiger partial charge in [-0.2, -0.15) is 0 Å². The Morgan fingerprint density at radius 2 is 1.87 bits per heavy atom. The minimum atomic E-state index is -0.202. The van der Waals surface area contributed by atoms with E-state index >= 15 is 0 Å². The normalized spacial score (nSPS) is 37.7.